The molecule has 1 aromatic rings. The Hall–Kier alpha value is -2.21. The molecule has 10 nitrogen and oxygen atoms in total. The molecule has 152 valence electrons. The van der Waals surface area contributed by atoms with Crippen molar-refractivity contribution in [1.82, 2.24) is 24.7 Å². The maximum Gasteiger partial charge on any atom is 0.407 e. The van der Waals surface area contributed by atoms with Crippen LogP contribution in [0.3, 0.4) is 0 Å². The van der Waals surface area contributed by atoms with Crippen LogP contribution in [0.1, 0.15) is 37.0 Å². The van der Waals surface area contributed by atoms with E-state index in [9.17, 15) is 21.9 Å². The lowest BCUT2D eigenvalue weighted by Crippen LogP contribution is -2.52. The topological polar surface area (TPSA) is 123 Å². The molecule has 2 heterocycles. The summed E-state index contributed by atoms with van der Waals surface area (Å²) in [5.41, 5.74) is 0.148. The number of nitrogens with one attached hydrogen (secondary N) is 2. The standard InChI is InChI=1S/C15H24FN5O5S/c1-15(2,3)26-14(23)18-7-11-5-12(20(4)19-11)13(22)17-6-10-8-21(9-10)27(16,24)25/h5,10H,6-9H2,1-4H3,(H,17,22)(H,18,23). The first-order valence-electron chi connectivity index (χ1n) is 8.33. The van der Waals surface area contributed by atoms with E-state index in [0.717, 1.165) is 0 Å². The predicted molar refractivity (Wildman–Crippen MR) is 93.7 cm³/mol. The number of aromatic nitrogens is 2. The lowest BCUT2D eigenvalue weighted by Gasteiger charge is -2.35. The zero-order valence-corrected chi connectivity index (χ0v) is 16.5. The molecule has 1 fully saturated rings. The summed E-state index contributed by atoms with van der Waals surface area (Å²) >= 11 is 0. The zero-order valence-electron chi connectivity index (χ0n) is 15.7. The molecule has 1 aliphatic rings. The van der Waals surface area contributed by atoms with E-state index in [4.69, 9.17) is 4.74 Å². The van der Waals surface area contributed by atoms with Gasteiger partial charge in [-0.15, -0.1) is 0 Å². The Morgan fingerprint density at radius 1 is 1.33 bits per heavy atom. The second-order valence-electron chi connectivity index (χ2n) is 7.34. The van der Waals surface area contributed by atoms with Crippen molar-refractivity contribution in [2.45, 2.75) is 32.9 Å². The van der Waals surface area contributed by atoms with Gasteiger partial charge in [0.1, 0.15) is 11.3 Å². The normalized spacial score (nSPS) is 15.9. The minimum absolute atomic E-state index is 0.0373. The van der Waals surface area contributed by atoms with Crippen molar-refractivity contribution in [2.75, 3.05) is 19.6 Å². The number of hydrogen-bond donors (Lipinski definition) is 2. The van der Waals surface area contributed by atoms with Crippen LogP contribution < -0.4 is 10.6 Å². The number of hydrogen-bond acceptors (Lipinski definition) is 6. The molecule has 1 saturated heterocycles. The molecule has 2 amide bonds. The third-order valence-corrected chi connectivity index (χ3v) is 4.67. The number of amides is 2. The van der Waals surface area contributed by atoms with Gasteiger partial charge in [0.15, 0.2) is 0 Å². The van der Waals surface area contributed by atoms with Crippen molar-refractivity contribution in [1.29, 1.82) is 0 Å². The van der Waals surface area contributed by atoms with Crippen LogP contribution >= 0.6 is 0 Å². The Morgan fingerprint density at radius 3 is 2.52 bits per heavy atom. The third kappa shape index (κ3) is 6.17. The molecule has 0 radical (unpaired) electrons. The molecule has 0 saturated carbocycles. The molecule has 27 heavy (non-hydrogen) atoms. The average Bonchev–Trinajstić information content (AvgIpc) is 2.81. The molecule has 1 aromatic heterocycles. The van der Waals surface area contributed by atoms with E-state index in [2.05, 4.69) is 15.7 Å². The molecular weight excluding hydrogens is 381 g/mol. The first-order valence-corrected chi connectivity index (χ1v) is 9.67. The largest absolute Gasteiger partial charge is 0.444 e. The fourth-order valence-corrected chi connectivity index (χ4v) is 3.24. The molecule has 1 aliphatic heterocycles. The van der Waals surface area contributed by atoms with E-state index in [-0.39, 0.29) is 37.8 Å². The Morgan fingerprint density at radius 2 is 1.96 bits per heavy atom. The highest BCUT2D eigenvalue weighted by Gasteiger charge is 2.35. The van der Waals surface area contributed by atoms with Crippen LogP contribution in [-0.2, 0) is 28.7 Å². The van der Waals surface area contributed by atoms with E-state index >= 15 is 0 Å². The van der Waals surface area contributed by atoms with Gasteiger partial charge in [-0.3, -0.25) is 9.48 Å². The lowest BCUT2D eigenvalue weighted by atomic mass is 10.0. The van der Waals surface area contributed by atoms with Crippen LogP contribution in [0.15, 0.2) is 6.07 Å². The Bertz CT molecular complexity index is 811. The van der Waals surface area contributed by atoms with E-state index in [1.165, 1.54) is 10.7 Å². The van der Waals surface area contributed by atoms with Crippen molar-refractivity contribution in [3.05, 3.63) is 17.5 Å². The van der Waals surface area contributed by atoms with Gasteiger partial charge in [0.2, 0.25) is 0 Å². The van der Waals surface area contributed by atoms with Crippen LogP contribution in [0.25, 0.3) is 0 Å². The van der Waals surface area contributed by atoms with E-state index in [0.29, 0.717) is 10.00 Å². The highest BCUT2D eigenvalue weighted by molar-refractivity contribution is 7.84. The van der Waals surface area contributed by atoms with Crippen LogP contribution in [0.5, 0.6) is 0 Å². The molecule has 12 heteroatoms. The van der Waals surface area contributed by atoms with Crippen molar-refractivity contribution in [3.8, 4) is 0 Å². The molecule has 0 spiro atoms. The number of ether oxygens (including phenoxy) is 1. The first kappa shape index (κ1) is 21.1. The van der Waals surface area contributed by atoms with E-state index in [1.807, 2.05) is 0 Å². The summed E-state index contributed by atoms with van der Waals surface area (Å²) in [6.45, 7) is 5.65. The fraction of sp³-hybridized carbons (Fsp3) is 0.667. The first-order chi connectivity index (χ1) is 12.3. The van der Waals surface area contributed by atoms with Crippen LogP contribution in [0.2, 0.25) is 0 Å². The molecule has 0 unspecified atom stereocenters. The third-order valence-electron chi connectivity index (χ3n) is 3.76. The summed E-state index contributed by atoms with van der Waals surface area (Å²) in [5, 5.41) is 9.38. The average molecular weight is 405 g/mol. The van der Waals surface area contributed by atoms with Gasteiger partial charge in [0, 0.05) is 32.6 Å². The fourth-order valence-electron chi connectivity index (χ4n) is 2.46. The number of aryl methyl sites for hydroxylation is 1. The van der Waals surface area contributed by atoms with Gasteiger partial charge in [-0.05, 0) is 26.8 Å². The van der Waals surface area contributed by atoms with Crippen LogP contribution in [0, 0.1) is 5.92 Å². The zero-order chi connectivity index (χ0) is 20.4. The molecule has 2 rings (SSSR count). The van der Waals surface area contributed by atoms with E-state index < -0.39 is 28.0 Å². The molecule has 0 aliphatic carbocycles. The minimum atomic E-state index is -4.66. The summed E-state index contributed by atoms with van der Waals surface area (Å²) in [7, 11) is -3.07. The summed E-state index contributed by atoms with van der Waals surface area (Å²) < 4.78 is 41.3. The smallest absolute Gasteiger partial charge is 0.407 e. The molecular formula is C15H24FN5O5S. The number of halogens is 1. The monoisotopic (exact) mass is 405 g/mol. The minimum Gasteiger partial charge on any atom is -0.444 e. The van der Waals surface area contributed by atoms with Crippen molar-refractivity contribution < 1.29 is 26.6 Å². The molecule has 0 bridgehead atoms. The van der Waals surface area contributed by atoms with Gasteiger partial charge in [0.25, 0.3) is 5.91 Å². The Kier molecular flexibility index (Phi) is 6.10. The number of carbonyl (C=O) groups is 2. The van der Waals surface area contributed by atoms with Crippen molar-refractivity contribution in [2.24, 2.45) is 13.0 Å². The van der Waals surface area contributed by atoms with Crippen molar-refractivity contribution in [3.63, 3.8) is 0 Å². The van der Waals surface area contributed by atoms with Crippen molar-refractivity contribution >= 4 is 22.4 Å². The van der Waals surface area contributed by atoms with Gasteiger partial charge in [0.05, 0.1) is 12.2 Å². The number of carbonyl (C=O) groups excluding carboxylic acids is 2. The quantitative estimate of drug-likeness (QED) is 0.657. The lowest BCUT2D eigenvalue weighted by molar-refractivity contribution is 0.0522. The molecule has 2 N–H and O–H groups in total. The second-order valence-corrected chi connectivity index (χ2v) is 8.68. The SMILES string of the molecule is Cn1nc(CNC(=O)OC(C)(C)C)cc1C(=O)NCC1CN(S(=O)(=O)F)C1. The van der Waals surface area contributed by atoms with Gasteiger partial charge in [-0.2, -0.15) is 17.8 Å². The molecule has 0 aromatic carbocycles. The van der Waals surface area contributed by atoms with Gasteiger partial charge in [-0.1, -0.05) is 3.89 Å². The number of nitrogens with zero attached hydrogens (tertiary/aromatic N) is 3. The molecule has 0 atom stereocenters. The highest BCUT2D eigenvalue weighted by Crippen LogP contribution is 2.19. The van der Waals surface area contributed by atoms with E-state index in [1.54, 1.807) is 27.8 Å². The number of alkyl carbamates (subject to hydrolysis) is 1. The maximum absolute atomic E-state index is 12.7. The number of rotatable bonds is 6. The predicted octanol–water partition coefficient (Wildman–Crippen LogP) is 0.321. The van der Waals surface area contributed by atoms with Crippen LogP contribution in [-0.4, -0.2) is 59.7 Å². The van der Waals surface area contributed by atoms with Gasteiger partial charge < -0.3 is 15.4 Å². The Balaban J connectivity index is 1.81. The highest BCUT2D eigenvalue weighted by atomic mass is 32.3. The summed E-state index contributed by atoms with van der Waals surface area (Å²) in [6.07, 6.45) is -0.587. The van der Waals surface area contributed by atoms with Gasteiger partial charge >= 0.3 is 16.5 Å². The summed E-state index contributed by atoms with van der Waals surface area (Å²) in [6, 6.07) is 1.53. The maximum atomic E-state index is 12.7. The Labute approximate surface area is 157 Å². The van der Waals surface area contributed by atoms with Crippen LogP contribution in [0.4, 0.5) is 8.68 Å². The summed E-state index contributed by atoms with van der Waals surface area (Å²) in [4.78, 5) is 23.9. The summed E-state index contributed by atoms with van der Waals surface area (Å²) in [5.74, 6) is -0.531. The second kappa shape index (κ2) is 7.80. The van der Waals surface area contributed by atoms with Gasteiger partial charge in [-0.25, -0.2) is 4.79 Å².